The maximum Gasteiger partial charge on any atom is 0.235 e. The van der Waals surface area contributed by atoms with Gasteiger partial charge in [-0.3, -0.25) is 4.79 Å². The molecule has 2 aromatic rings. The van der Waals surface area contributed by atoms with Crippen LogP contribution in [0.25, 0.3) is 0 Å². The van der Waals surface area contributed by atoms with E-state index in [9.17, 15) is 4.79 Å². The van der Waals surface area contributed by atoms with Crippen LogP contribution in [0.4, 0.5) is 5.69 Å². The molecule has 1 aliphatic rings. The normalized spacial score (nSPS) is 16.0. The van der Waals surface area contributed by atoms with E-state index in [1.54, 1.807) is 0 Å². The van der Waals surface area contributed by atoms with E-state index in [0.29, 0.717) is 5.02 Å². The van der Waals surface area contributed by atoms with E-state index in [1.807, 2.05) is 43.3 Å². The van der Waals surface area contributed by atoms with E-state index in [4.69, 9.17) is 11.6 Å². The van der Waals surface area contributed by atoms with Crippen LogP contribution >= 0.6 is 11.6 Å². The molecule has 0 unspecified atom stereocenters. The van der Waals surface area contributed by atoms with Crippen LogP contribution < -0.4 is 5.32 Å². The van der Waals surface area contributed by atoms with Crippen molar-refractivity contribution in [3.8, 4) is 0 Å². The van der Waals surface area contributed by atoms with E-state index >= 15 is 0 Å². The Kier molecular flexibility index (Phi) is 3.96. The summed E-state index contributed by atoms with van der Waals surface area (Å²) >= 11 is 5.97. The van der Waals surface area contributed by atoms with Gasteiger partial charge >= 0.3 is 0 Å². The zero-order chi connectivity index (χ0) is 15.7. The maximum atomic E-state index is 12.9. The van der Waals surface area contributed by atoms with Crippen molar-refractivity contribution in [1.29, 1.82) is 0 Å². The Morgan fingerprint density at radius 3 is 2.36 bits per heavy atom. The second-order valence-electron chi connectivity index (χ2n) is 6.14. The molecule has 1 fully saturated rings. The number of nitrogens with one attached hydrogen (secondary N) is 1. The first-order chi connectivity index (χ1) is 10.5. The molecule has 3 rings (SSSR count). The fourth-order valence-corrected chi connectivity index (χ4v) is 3.20. The molecule has 1 aliphatic carbocycles. The number of anilines is 1. The van der Waals surface area contributed by atoms with Gasteiger partial charge in [-0.25, -0.2) is 0 Å². The predicted molar refractivity (Wildman–Crippen MR) is 91.5 cm³/mol. The largest absolute Gasteiger partial charge is 0.325 e. The number of carbonyl (C=O) groups is 1. The minimum absolute atomic E-state index is 0.0924. The number of amides is 1. The van der Waals surface area contributed by atoms with E-state index in [2.05, 4.69) is 18.3 Å². The number of hydrogen-bond acceptors (Lipinski definition) is 1. The van der Waals surface area contributed by atoms with Crippen molar-refractivity contribution < 1.29 is 4.79 Å². The quantitative estimate of drug-likeness (QED) is 0.847. The van der Waals surface area contributed by atoms with Gasteiger partial charge in [0.1, 0.15) is 0 Å². The molecule has 0 radical (unpaired) electrons. The summed E-state index contributed by atoms with van der Waals surface area (Å²) in [5.41, 5.74) is 3.88. The maximum absolute atomic E-state index is 12.9. The third-order valence-electron chi connectivity index (χ3n) is 4.89. The van der Waals surface area contributed by atoms with Crippen LogP contribution in [0, 0.1) is 13.8 Å². The molecule has 3 heteroatoms. The summed E-state index contributed by atoms with van der Waals surface area (Å²) in [5, 5.41) is 3.84. The first-order valence-corrected chi connectivity index (χ1v) is 8.04. The minimum atomic E-state index is -0.402. The summed E-state index contributed by atoms with van der Waals surface area (Å²) in [7, 11) is 0. The third-order valence-corrected chi connectivity index (χ3v) is 5.14. The molecule has 1 N–H and O–H groups in total. The molecular formula is C19H20ClNO. The third kappa shape index (κ3) is 2.52. The number of hydrogen-bond donors (Lipinski definition) is 1. The van der Waals surface area contributed by atoms with Gasteiger partial charge in [0.25, 0.3) is 0 Å². The van der Waals surface area contributed by atoms with Gasteiger partial charge in [0.15, 0.2) is 0 Å². The molecule has 1 saturated carbocycles. The molecule has 0 bridgehead atoms. The van der Waals surface area contributed by atoms with Gasteiger partial charge in [-0.15, -0.1) is 0 Å². The molecule has 0 atom stereocenters. The van der Waals surface area contributed by atoms with Crippen LogP contribution in [0.1, 0.15) is 36.0 Å². The van der Waals surface area contributed by atoms with E-state index in [1.165, 1.54) is 5.56 Å². The Bertz CT molecular complexity index is 702. The van der Waals surface area contributed by atoms with Crippen LogP contribution in [0.3, 0.4) is 0 Å². The van der Waals surface area contributed by atoms with E-state index in [-0.39, 0.29) is 5.91 Å². The number of benzene rings is 2. The first kappa shape index (κ1) is 15.1. The summed E-state index contributed by atoms with van der Waals surface area (Å²) in [5.74, 6) is 0.0924. The van der Waals surface area contributed by atoms with Gasteiger partial charge in [0, 0.05) is 10.7 Å². The van der Waals surface area contributed by atoms with Crippen molar-refractivity contribution in [2.75, 3.05) is 5.32 Å². The van der Waals surface area contributed by atoms with Crippen LogP contribution in [0.5, 0.6) is 0 Å². The van der Waals surface area contributed by atoms with Gasteiger partial charge in [0.05, 0.1) is 5.41 Å². The number of rotatable bonds is 3. The van der Waals surface area contributed by atoms with E-state index in [0.717, 1.165) is 36.1 Å². The lowest BCUT2D eigenvalue weighted by Gasteiger charge is -2.41. The topological polar surface area (TPSA) is 29.1 Å². The fourth-order valence-electron chi connectivity index (χ4n) is 3.07. The molecule has 0 saturated heterocycles. The molecule has 2 aromatic carbocycles. The SMILES string of the molecule is Cc1cccc(NC(=O)C2(c3ccc(Cl)cc3)CCC2)c1C. The van der Waals surface area contributed by atoms with Crippen molar-refractivity contribution in [3.05, 3.63) is 64.2 Å². The second kappa shape index (κ2) is 5.77. The zero-order valence-electron chi connectivity index (χ0n) is 12.9. The lowest BCUT2D eigenvalue weighted by molar-refractivity contribution is -0.124. The van der Waals surface area contributed by atoms with Gasteiger partial charge in [-0.05, 0) is 61.6 Å². The number of halogens is 1. The number of aryl methyl sites for hydroxylation is 1. The monoisotopic (exact) mass is 313 g/mol. The first-order valence-electron chi connectivity index (χ1n) is 7.67. The lowest BCUT2D eigenvalue weighted by atomic mass is 9.63. The van der Waals surface area contributed by atoms with Crippen LogP contribution in [-0.4, -0.2) is 5.91 Å². The standard InChI is InChI=1S/C19H20ClNO/c1-13-5-3-6-17(14(13)2)21-18(22)19(11-4-12-19)15-7-9-16(20)10-8-15/h3,5-10H,4,11-12H2,1-2H3,(H,21,22). The highest BCUT2D eigenvalue weighted by Gasteiger charge is 2.45. The van der Waals surface area contributed by atoms with Gasteiger partial charge in [-0.1, -0.05) is 42.3 Å². The summed E-state index contributed by atoms with van der Waals surface area (Å²) < 4.78 is 0. The van der Waals surface area contributed by atoms with Crippen LogP contribution in [0.2, 0.25) is 5.02 Å². The zero-order valence-corrected chi connectivity index (χ0v) is 13.7. The Hall–Kier alpha value is -1.80. The van der Waals surface area contributed by atoms with Crippen LogP contribution in [0.15, 0.2) is 42.5 Å². The molecular weight excluding hydrogens is 294 g/mol. The molecule has 0 spiro atoms. The Balaban J connectivity index is 1.89. The molecule has 0 aromatic heterocycles. The Labute approximate surface area is 136 Å². The Morgan fingerprint density at radius 1 is 1.09 bits per heavy atom. The highest BCUT2D eigenvalue weighted by atomic mass is 35.5. The van der Waals surface area contributed by atoms with Crippen molar-refractivity contribution >= 4 is 23.2 Å². The van der Waals surface area contributed by atoms with E-state index < -0.39 is 5.41 Å². The molecule has 0 heterocycles. The van der Waals surface area contributed by atoms with Gasteiger partial charge in [0.2, 0.25) is 5.91 Å². The summed E-state index contributed by atoms with van der Waals surface area (Å²) in [6.07, 6.45) is 2.87. The lowest BCUT2D eigenvalue weighted by Crippen LogP contribution is -2.46. The average Bonchev–Trinajstić information content (AvgIpc) is 2.45. The smallest absolute Gasteiger partial charge is 0.235 e. The summed E-state index contributed by atoms with van der Waals surface area (Å²) in [6.45, 7) is 4.10. The molecule has 1 amide bonds. The van der Waals surface area contributed by atoms with Crippen molar-refractivity contribution in [2.45, 2.75) is 38.5 Å². The predicted octanol–water partition coefficient (Wildman–Crippen LogP) is 5.02. The Morgan fingerprint density at radius 2 is 1.77 bits per heavy atom. The molecule has 22 heavy (non-hydrogen) atoms. The fraction of sp³-hybridized carbons (Fsp3) is 0.316. The highest BCUT2D eigenvalue weighted by Crippen LogP contribution is 2.45. The van der Waals surface area contributed by atoms with Crippen molar-refractivity contribution in [2.24, 2.45) is 0 Å². The molecule has 114 valence electrons. The minimum Gasteiger partial charge on any atom is -0.325 e. The molecule has 0 aliphatic heterocycles. The van der Waals surface area contributed by atoms with Gasteiger partial charge in [-0.2, -0.15) is 0 Å². The number of carbonyl (C=O) groups excluding carboxylic acids is 1. The van der Waals surface area contributed by atoms with Crippen LogP contribution in [-0.2, 0) is 10.2 Å². The van der Waals surface area contributed by atoms with Crippen molar-refractivity contribution in [3.63, 3.8) is 0 Å². The van der Waals surface area contributed by atoms with Gasteiger partial charge < -0.3 is 5.32 Å². The summed E-state index contributed by atoms with van der Waals surface area (Å²) in [6, 6.07) is 13.7. The second-order valence-corrected chi connectivity index (χ2v) is 6.58. The summed E-state index contributed by atoms with van der Waals surface area (Å²) in [4.78, 5) is 12.9. The molecule has 2 nitrogen and oxygen atoms in total. The highest BCUT2D eigenvalue weighted by molar-refractivity contribution is 6.30. The van der Waals surface area contributed by atoms with Crippen molar-refractivity contribution in [1.82, 2.24) is 0 Å². The average molecular weight is 314 g/mol.